The van der Waals surface area contributed by atoms with Gasteiger partial charge in [-0.3, -0.25) is 9.59 Å². The predicted molar refractivity (Wildman–Crippen MR) is 147 cm³/mol. The Balaban J connectivity index is 1.47. The first-order valence-electron chi connectivity index (χ1n) is 12.8. The summed E-state index contributed by atoms with van der Waals surface area (Å²) in [5, 5.41) is 23.5. The summed E-state index contributed by atoms with van der Waals surface area (Å²) in [6.07, 6.45) is 2.47. The van der Waals surface area contributed by atoms with Crippen molar-refractivity contribution in [2.75, 3.05) is 19.9 Å². The van der Waals surface area contributed by atoms with Gasteiger partial charge in [0.15, 0.2) is 11.5 Å². The van der Waals surface area contributed by atoms with E-state index < -0.39 is 18.2 Å². The maximum absolute atomic E-state index is 13.7. The van der Waals surface area contributed by atoms with Crippen molar-refractivity contribution in [1.82, 2.24) is 10.2 Å². The van der Waals surface area contributed by atoms with Crippen LogP contribution in [-0.2, 0) is 16.1 Å². The van der Waals surface area contributed by atoms with Gasteiger partial charge in [-0.2, -0.15) is 0 Å². The Morgan fingerprint density at radius 3 is 2.66 bits per heavy atom. The van der Waals surface area contributed by atoms with Crippen LogP contribution >= 0.6 is 22.6 Å². The molecule has 1 heterocycles. The van der Waals surface area contributed by atoms with E-state index in [4.69, 9.17) is 14.2 Å². The van der Waals surface area contributed by atoms with E-state index in [9.17, 15) is 19.8 Å². The number of carbonyl (C=O) groups excluding carboxylic acids is 2. The largest absolute Gasteiger partial charge is 0.482 e. The lowest BCUT2D eigenvalue weighted by molar-refractivity contribution is -0.146. The molecule has 0 aromatic heterocycles. The molecule has 2 amide bonds. The van der Waals surface area contributed by atoms with Crippen molar-refractivity contribution < 1.29 is 34.0 Å². The van der Waals surface area contributed by atoms with Crippen LogP contribution in [-0.4, -0.2) is 65.1 Å². The number of ether oxygens (including phenoxy) is 3. The highest BCUT2D eigenvalue weighted by atomic mass is 127. The van der Waals surface area contributed by atoms with Crippen LogP contribution < -0.4 is 19.5 Å². The number of halogens is 1. The first kappa shape index (κ1) is 26.8. The Kier molecular flexibility index (Phi) is 8.39. The van der Waals surface area contributed by atoms with Crippen molar-refractivity contribution in [3.63, 3.8) is 0 Å². The first-order valence-corrected chi connectivity index (χ1v) is 13.9. The number of aliphatic hydroxyl groups excluding tert-OH is 2. The summed E-state index contributed by atoms with van der Waals surface area (Å²) < 4.78 is 18.0. The van der Waals surface area contributed by atoms with Gasteiger partial charge < -0.3 is 34.6 Å². The summed E-state index contributed by atoms with van der Waals surface area (Å²) in [7, 11) is 0. The number of hydrogen-bond acceptors (Lipinski definition) is 7. The normalized spacial score (nSPS) is 22.3. The van der Waals surface area contributed by atoms with Crippen molar-refractivity contribution in [2.45, 2.75) is 50.5 Å². The van der Waals surface area contributed by atoms with Gasteiger partial charge in [-0.1, -0.05) is 24.6 Å². The highest BCUT2D eigenvalue weighted by Crippen LogP contribution is 2.37. The second-order valence-corrected chi connectivity index (χ2v) is 10.9. The van der Waals surface area contributed by atoms with Crippen molar-refractivity contribution in [3.05, 3.63) is 63.2 Å². The van der Waals surface area contributed by atoms with Gasteiger partial charge in [0.2, 0.25) is 18.6 Å². The van der Waals surface area contributed by atoms with E-state index in [0.29, 0.717) is 22.8 Å². The molecule has 3 aliphatic rings. The van der Waals surface area contributed by atoms with E-state index in [1.54, 1.807) is 17.0 Å². The molecule has 1 fully saturated rings. The summed E-state index contributed by atoms with van der Waals surface area (Å²) in [5.41, 5.74) is 1.24. The highest BCUT2D eigenvalue weighted by Gasteiger charge is 2.43. The molecule has 38 heavy (non-hydrogen) atoms. The summed E-state index contributed by atoms with van der Waals surface area (Å²) in [5.74, 6) is 1.35. The zero-order valence-corrected chi connectivity index (χ0v) is 23.0. The third-order valence-electron chi connectivity index (χ3n) is 7.24. The van der Waals surface area contributed by atoms with E-state index in [-0.39, 0.29) is 50.6 Å². The Hall–Kier alpha value is -2.83. The van der Waals surface area contributed by atoms with Crippen LogP contribution in [0.4, 0.5) is 0 Å². The molecule has 2 aliphatic carbocycles. The van der Waals surface area contributed by atoms with Crippen LogP contribution in [0.15, 0.2) is 54.1 Å². The van der Waals surface area contributed by atoms with Gasteiger partial charge in [0.1, 0.15) is 18.0 Å². The lowest BCUT2D eigenvalue weighted by Gasteiger charge is -2.43. The van der Waals surface area contributed by atoms with Gasteiger partial charge in [-0.05, 0) is 71.3 Å². The molecule has 1 aliphatic heterocycles. The number of nitrogens with one attached hydrogen (secondary N) is 1. The van der Waals surface area contributed by atoms with Crippen molar-refractivity contribution >= 4 is 34.4 Å². The lowest BCUT2D eigenvalue weighted by atomic mass is 9.82. The van der Waals surface area contributed by atoms with Gasteiger partial charge in [0.25, 0.3) is 0 Å². The molecule has 0 saturated heterocycles. The fourth-order valence-electron chi connectivity index (χ4n) is 4.95. The van der Waals surface area contributed by atoms with Crippen molar-refractivity contribution in [1.29, 1.82) is 0 Å². The zero-order chi connectivity index (χ0) is 26.6. The fraction of sp³-hybridized carbons (Fsp3) is 0.429. The molecule has 202 valence electrons. The summed E-state index contributed by atoms with van der Waals surface area (Å²) in [4.78, 5) is 28.4. The predicted octanol–water partition coefficient (Wildman–Crippen LogP) is 2.76. The first-order chi connectivity index (χ1) is 18.4. The number of carbonyl (C=O) groups is 2. The van der Waals surface area contributed by atoms with Crippen LogP contribution in [0, 0.1) is 9.49 Å². The fourth-order valence-corrected chi connectivity index (χ4v) is 5.47. The van der Waals surface area contributed by atoms with Crippen LogP contribution in [0.25, 0.3) is 0 Å². The Bertz CT molecular complexity index is 1220. The van der Waals surface area contributed by atoms with E-state index in [1.165, 1.54) is 0 Å². The summed E-state index contributed by atoms with van der Waals surface area (Å²) in [6, 6.07) is 12.3. The summed E-state index contributed by atoms with van der Waals surface area (Å²) >= 11 is 2.16. The van der Waals surface area contributed by atoms with E-state index >= 15 is 0 Å². The molecule has 3 atom stereocenters. The number of rotatable bonds is 9. The number of amides is 2. The summed E-state index contributed by atoms with van der Waals surface area (Å²) in [6.45, 7) is 0.311. The Morgan fingerprint density at radius 2 is 1.92 bits per heavy atom. The topological polar surface area (TPSA) is 118 Å². The molecule has 0 spiro atoms. The minimum atomic E-state index is -1.07. The van der Waals surface area contributed by atoms with E-state index in [1.807, 2.05) is 36.4 Å². The Labute approximate surface area is 234 Å². The molecule has 2 aromatic rings. The van der Waals surface area contributed by atoms with Crippen molar-refractivity contribution in [3.8, 4) is 17.2 Å². The van der Waals surface area contributed by atoms with Gasteiger partial charge in [-0.15, -0.1) is 0 Å². The second-order valence-electron chi connectivity index (χ2n) is 9.73. The molecule has 0 unspecified atom stereocenters. The van der Waals surface area contributed by atoms with Gasteiger partial charge >= 0.3 is 0 Å². The number of benzene rings is 2. The van der Waals surface area contributed by atoms with Gasteiger partial charge in [0, 0.05) is 31.0 Å². The average molecular weight is 634 g/mol. The molecule has 9 nitrogen and oxygen atoms in total. The molecule has 3 N–H and O–H groups in total. The Morgan fingerprint density at radius 1 is 1.13 bits per heavy atom. The maximum atomic E-state index is 13.7. The third-order valence-corrected chi connectivity index (χ3v) is 8.13. The molecular formula is C28H31IN2O7. The molecule has 2 aromatic carbocycles. The maximum Gasteiger partial charge on any atom is 0.247 e. The minimum absolute atomic E-state index is 0.0389. The standard InChI is InChI=1S/C28H31IN2O7/c29-20-6-1-2-7-22(20)38-25-14-19(27(34)30-10-11-32)13-21(26(25)33)31(28(35)18-4-3-5-18)15-17-8-9-23-24(12-17)37-16-36-23/h1-2,6-9,12,14,18,21,25-26,32-33H,3-5,10-11,13,15-16H2,(H,30,34)/t21-,25+,26+/m1/s1. The van der Waals surface area contributed by atoms with Crippen LogP contribution in [0.5, 0.6) is 17.2 Å². The van der Waals surface area contributed by atoms with Crippen LogP contribution in [0.1, 0.15) is 31.2 Å². The number of nitrogens with zero attached hydrogens (tertiary/aromatic N) is 1. The number of para-hydroxylation sites is 1. The monoisotopic (exact) mass is 634 g/mol. The smallest absolute Gasteiger partial charge is 0.247 e. The molecule has 10 heteroatoms. The molecule has 0 bridgehead atoms. The second kappa shape index (κ2) is 11.9. The third kappa shape index (κ3) is 5.76. The van der Waals surface area contributed by atoms with E-state index in [2.05, 4.69) is 27.9 Å². The molecular weight excluding hydrogens is 603 g/mol. The SMILES string of the molecule is O=C(NCCO)C1=C[C@H](Oc2ccccc2I)[C@@H](O)[C@H](N(Cc2ccc3c(c2)OCO3)C(=O)C2CCC2)C1. The number of hydrogen-bond donors (Lipinski definition) is 3. The molecule has 0 radical (unpaired) electrons. The lowest BCUT2D eigenvalue weighted by Crippen LogP contribution is -2.56. The minimum Gasteiger partial charge on any atom is -0.482 e. The molecule has 5 rings (SSSR count). The quantitative estimate of drug-likeness (QED) is 0.364. The van der Waals surface area contributed by atoms with Crippen molar-refractivity contribution in [2.24, 2.45) is 5.92 Å². The highest BCUT2D eigenvalue weighted by molar-refractivity contribution is 14.1. The van der Waals surface area contributed by atoms with Gasteiger partial charge in [-0.25, -0.2) is 0 Å². The number of aliphatic hydroxyl groups is 2. The van der Waals surface area contributed by atoms with Crippen LogP contribution in [0.3, 0.4) is 0 Å². The molecule has 1 saturated carbocycles. The van der Waals surface area contributed by atoms with Gasteiger partial charge in [0.05, 0.1) is 16.2 Å². The van der Waals surface area contributed by atoms with Crippen LogP contribution in [0.2, 0.25) is 0 Å². The number of fused-ring (bicyclic) bond motifs is 1. The van der Waals surface area contributed by atoms with E-state index in [0.717, 1.165) is 28.4 Å². The average Bonchev–Trinajstić information content (AvgIpc) is 3.35. The zero-order valence-electron chi connectivity index (χ0n) is 20.8.